The Morgan fingerprint density at radius 2 is 2.11 bits per heavy atom. The summed E-state index contributed by atoms with van der Waals surface area (Å²) in [6, 6.07) is 8.89. The minimum absolute atomic E-state index is 0.336. The van der Waals surface area contributed by atoms with Crippen molar-refractivity contribution in [3.63, 3.8) is 0 Å². The molecule has 1 aromatic carbocycles. The van der Waals surface area contributed by atoms with Gasteiger partial charge in [0, 0.05) is 6.04 Å². The van der Waals surface area contributed by atoms with Crippen molar-refractivity contribution in [3.05, 3.63) is 42.0 Å². The van der Waals surface area contributed by atoms with Crippen molar-refractivity contribution < 1.29 is 4.74 Å². The second-order valence-electron chi connectivity index (χ2n) is 5.15. The lowest BCUT2D eigenvalue weighted by molar-refractivity contribution is 0.254. The molecule has 1 saturated carbocycles. The Bertz CT molecular complexity index is 574. The topological polar surface area (TPSA) is 39.9 Å². The lowest BCUT2D eigenvalue weighted by Crippen LogP contribution is -2.22. The molecule has 2 aliphatic rings. The Morgan fingerprint density at radius 1 is 1.22 bits per heavy atom. The Hall–Kier alpha value is -1.84. The predicted molar refractivity (Wildman–Crippen MR) is 66.7 cm³/mol. The maximum absolute atomic E-state index is 5.83. The van der Waals surface area contributed by atoms with Gasteiger partial charge in [0.25, 0.3) is 0 Å². The number of fused-ring (bicyclic) bond motifs is 1. The van der Waals surface area contributed by atoms with Crippen LogP contribution in [0, 0.1) is 0 Å². The highest BCUT2D eigenvalue weighted by Crippen LogP contribution is 2.38. The molecule has 0 saturated heterocycles. The SMILES string of the molecule is c1ccc2c(c1)CC(c1nncn1C1CC1)CO2. The van der Waals surface area contributed by atoms with Crippen LogP contribution in [0.5, 0.6) is 5.75 Å². The Morgan fingerprint density at radius 3 is 3.00 bits per heavy atom. The number of hydrogen-bond acceptors (Lipinski definition) is 3. The van der Waals surface area contributed by atoms with Crippen molar-refractivity contribution in [2.75, 3.05) is 6.61 Å². The number of nitrogens with zero attached hydrogens (tertiary/aromatic N) is 3. The van der Waals surface area contributed by atoms with Crippen LogP contribution in [0.25, 0.3) is 0 Å². The third kappa shape index (κ3) is 1.60. The van der Waals surface area contributed by atoms with Crippen LogP contribution in [0.3, 0.4) is 0 Å². The highest BCUT2D eigenvalue weighted by molar-refractivity contribution is 5.36. The van der Waals surface area contributed by atoms with Crippen molar-refractivity contribution in [1.82, 2.24) is 14.8 Å². The van der Waals surface area contributed by atoms with Crippen LogP contribution in [-0.4, -0.2) is 21.4 Å². The monoisotopic (exact) mass is 241 g/mol. The quantitative estimate of drug-likeness (QED) is 0.810. The molecule has 1 aliphatic heterocycles. The van der Waals surface area contributed by atoms with Crippen LogP contribution in [0.2, 0.25) is 0 Å². The van der Waals surface area contributed by atoms with Crippen molar-refractivity contribution in [1.29, 1.82) is 0 Å². The fraction of sp³-hybridized carbons (Fsp3) is 0.429. The van der Waals surface area contributed by atoms with E-state index in [9.17, 15) is 0 Å². The average Bonchev–Trinajstić information content (AvgIpc) is 3.16. The lowest BCUT2D eigenvalue weighted by Gasteiger charge is -2.24. The second kappa shape index (κ2) is 3.83. The van der Waals surface area contributed by atoms with Crippen LogP contribution in [0.4, 0.5) is 0 Å². The summed E-state index contributed by atoms with van der Waals surface area (Å²) in [5.41, 5.74) is 1.28. The molecular weight excluding hydrogens is 226 g/mol. The highest BCUT2D eigenvalue weighted by Gasteiger charge is 2.31. The Balaban J connectivity index is 1.65. The summed E-state index contributed by atoms with van der Waals surface area (Å²) in [4.78, 5) is 0. The molecule has 0 bridgehead atoms. The summed E-state index contributed by atoms with van der Waals surface area (Å²) in [6.45, 7) is 0.711. The van der Waals surface area contributed by atoms with Gasteiger partial charge in [-0.25, -0.2) is 0 Å². The number of ether oxygens (including phenoxy) is 1. The largest absolute Gasteiger partial charge is 0.493 e. The zero-order valence-electron chi connectivity index (χ0n) is 10.1. The molecular formula is C14H15N3O. The first-order valence-corrected chi connectivity index (χ1v) is 6.52. The maximum Gasteiger partial charge on any atom is 0.139 e. The molecule has 4 rings (SSSR count). The first kappa shape index (κ1) is 10.1. The molecule has 0 N–H and O–H groups in total. The number of aromatic nitrogens is 3. The zero-order valence-corrected chi connectivity index (χ0v) is 10.1. The van der Waals surface area contributed by atoms with Gasteiger partial charge in [0.15, 0.2) is 0 Å². The van der Waals surface area contributed by atoms with Crippen LogP contribution < -0.4 is 4.74 Å². The van der Waals surface area contributed by atoms with E-state index in [1.165, 1.54) is 18.4 Å². The third-order valence-electron chi connectivity index (χ3n) is 3.79. The first-order chi connectivity index (χ1) is 8.92. The van der Waals surface area contributed by atoms with E-state index in [1.54, 1.807) is 0 Å². The minimum atomic E-state index is 0.336. The summed E-state index contributed by atoms with van der Waals surface area (Å²) in [7, 11) is 0. The van der Waals surface area contributed by atoms with Crippen molar-refractivity contribution in [3.8, 4) is 5.75 Å². The van der Waals surface area contributed by atoms with Gasteiger partial charge in [0.1, 0.15) is 17.9 Å². The Kier molecular flexibility index (Phi) is 2.15. The molecule has 18 heavy (non-hydrogen) atoms. The van der Waals surface area contributed by atoms with E-state index in [1.807, 2.05) is 18.5 Å². The average molecular weight is 241 g/mol. The second-order valence-corrected chi connectivity index (χ2v) is 5.15. The van der Waals surface area contributed by atoms with E-state index in [0.29, 0.717) is 18.6 Å². The molecule has 1 atom stereocenters. The summed E-state index contributed by atoms with van der Waals surface area (Å²) in [5, 5.41) is 8.38. The molecule has 0 amide bonds. The van der Waals surface area contributed by atoms with Crippen LogP contribution in [0.15, 0.2) is 30.6 Å². The van der Waals surface area contributed by atoms with Gasteiger partial charge in [-0.05, 0) is 30.9 Å². The standard InChI is InChI=1S/C14H15N3O/c1-2-4-13-10(3-1)7-11(8-18-13)14-16-15-9-17(14)12-5-6-12/h1-4,9,11-12H,5-8H2. The van der Waals surface area contributed by atoms with E-state index in [2.05, 4.69) is 26.9 Å². The van der Waals surface area contributed by atoms with Gasteiger partial charge in [0.2, 0.25) is 0 Å². The molecule has 1 aromatic heterocycles. The van der Waals surface area contributed by atoms with Gasteiger partial charge in [-0.3, -0.25) is 0 Å². The fourth-order valence-corrected chi connectivity index (χ4v) is 2.67. The number of benzene rings is 1. The van der Waals surface area contributed by atoms with Gasteiger partial charge in [-0.15, -0.1) is 10.2 Å². The van der Waals surface area contributed by atoms with E-state index in [4.69, 9.17) is 4.74 Å². The summed E-state index contributed by atoms with van der Waals surface area (Å²) in [6.07, 6.45) is 5.39. The van der Waals surface area contributed by atoms with Gasteiger partial charge in [-0.2, -0.15) is 0 Å². The molecule has 2 aromatic rings. The zero-order chi connectivity index (χ0) is 11.9. The van der Waals surface area contributed by atoms with Gasteiger partial charge < -0.3 is 9.30 Å². The smallest absolute Gasteiger partial charge is 0.139 e. The van der Waals surface area contributed by atoms with Crippen LogP contribution in [0.1, 0.15) is 36.2 Å². The summed E-state index contributed by atoms with van der Waals surface area (Å²) < 4.78 is 8.07. The molecule has 1 unspecified atom stereocenters. The molecule has 92 valence electrons. The molecule has 4 nitrogen and oxygen atoms in total. The number of rotatable bonds is 2. The summed E-state index contributed by atoms with van der Waals surface area (Å²) in [5.74, 6) is 2.45. The van der Waals surface area contributed by atoms with Crippen molar-refractivity contribution >= 4 is 0 Å². The molecule has 1 aliphatic carbocycles. The van der Waals surface area contributed by atoms with E-state index in [-0.39, 0.29) is 0 Å². The van der Waals surface area contributed by atoms with Crippen LogP contribution in [-0.2, 0) is 6.42 Å². The fourth-order valence-electron chi connectivity index (χ4n) is 2.67. The molecule has 4 heteroatoms. The minimum Gasteiger partial charge on any atom is -0.493 e. The predicted octanol–water partition coefficient (Wildman–Crippen LogP) is 2.33. The normalized spacial score (nSPS) is 22.3. The van der Waals surface area contributed by atoms with E-state index >= 15 is 0 Å². The van der Waals surface area contributed by atoms with Crippen molar-refractivity contribution in [2.24, 2.45) is 0 Å². The molecule has 2 heterocycles. The molecule has 0 radical (unpaired) electrons. The molecule has 0 spiro atoms. The lowest BCUT2D eigenvalue weighted by atomic mass is 9.96. The first-order valence-electron chi connectivity index (χ1n) is 6.52. The third-order valence-corrected chi connectivity index (χ3v) is 3.79. The van der Waals surface area contributed by atoms with E-state index in [0.717, 1.165) is 18.0 Å². The summed E-state index contributed by atoms with van der Waals surface area (Å²) >= 11 is 0. The van der Waals surface area contributed by atoms with Crippen LogP contribution >= 0.6 is 0 Å². The van der Waals surface area contributed by atoms with Crippen molar-refractivity contribution in [2.45, 2.75) is 31.2 Å². The Labute approximate surface area is 106 Å². The number of hydrogen-bond donors (Lipinski definition) is 0. The van der Waals surface area contributed by atoms with Gasteiger partial charge in [-0.1, -0.05) is 18.2 Å². The highest BCUT2D eigenvalue weighted by atomic mass is 16.5. The number of para-hydroxylation sites is 1. The maximum atomic E-state index is 5.83. The molecule has 1 fully saturated rings. The van der Waals surface area contributed by atoms with E-state index < -0.39 is 0 Å². The van der Waals surface area contributed by atoms with Gasteiger partial charge in [0.05, 0.1) is 12.5 Å². The van der Waals surface area contributed by atoms with Gasteiger partial charge >= 0.3 is 0 Å².